The van der Waals surface area contributed by atoms with Gasteiger partial charge in [0.25, 0.3) is 0 Å². The van der Waals surface area contributed by atoms with Gasteiger partial charge in [-0.1, -0.05) is 30.7 Å². The highest BCUT2D eigenvalue weighted by Gasteiger charge is 2.25. The number of alkyl halides is 1. The van der Waals surface area contributed by atoms with Crippen LogP contribution in [0.25, 0.3) is 0 Å². The second-order valence-electron chi connectivity index (χ2n) is 3.47. The molecule has 1 unspecified atom stereocenters. The van der Waals surface area contributed by atoms with Crippen molar-refractivity contribution < 1.29 is 9.50 Å². The molecule has 0 amide bonds. The molecule has 88 valence electrons. The lowest BCUT2D eigenvalue weighted by molar-refractivity contribution is 0.296. The molecule has 1 aromatic rings. The van der Waals surface area contributed by atoms with E-state index in [-0.39, 0.29) is 0 Å². The fourth-order valence-corrected chi connectivity index (χ4v) is 1.78. The maximum absolute atomic E-state index is 13.1. The minimum atomic E-state index is -0.933. The first-order valence-corrected chi connectivity index (χ1v) is 5.70. The lowest BCUT2D eigenvalue weighted by Gasteiger charge is -2.22. The lowest BCUT2D eigenvalue weighted by Crippen LogP contribution is -2.15. The second-order valence-corrected chi connectivity index (χ2v) is 4.58. The SMILES string of the molecule is CCC(Cl)(C=C(F)CO)c1ccc(Cl)cc1. The van der Waals surface area contributed by atoms with Crippen molar-refractivity contribution in [2.24, 2.45) is 0 Å². The van der Waals surface area contributed by atoms with Crippen molar-refractivity contribution in [2.45, 2.75) is 18.2 Å². The van der Waals surface area contributed by atoms with E-state index in [9.17, 15) is 4.39 Å². The summed E-state index contributed by atoms with van der Waals surface area (Å²) in [7, 11) is 0. The molecular formula is C12H13Cl2FO. The first-order valence-electron chi connectivity index (χ1n) is 4.95. The van der Waals surface area contributed by atoms with Crippen LogP contribution in [0.2, 0.25) is 5.02 Å². The van der Waals surface area contributed by atoms with Gasteiger partial charge in [0.05, 0.1) is 11.5 Å². The first kappa shape index (κ1) is 13.5. The number of benzene rings is 1. The van der Waals surface area contributed by atoms with E-state index in [2.05, 4.69) is 0 Å². The average molecular weight is 263 g/mol. The van der Waals surface area contributed by atoms with Crippen LogP contribution in [-0.4, -0.2) is 11.7 Å². The fraction of sp³-hybridized carbons (Fsp3) is 0.333. The van der Waals surface area contributed by atoms with Gasteiger partial charge < -0.3 is 5.11 Å². The fourth-order valence-electron chi connectivity index (χ4n) is 1.41. The van der Waals surface area contributed by atoms with E-state index in [4.69, 9.17) is 28.3 Å². The van der Waals surface area contributed by atoms with Gasteiger partial charge in [0.15, 0.2) is 0 Å². The summed E-state index contributed by atoms with van der Waals surface area (Å²) >= 11 is 12.1. The van der Waals surface area contributed by atoms with Crippen molar-refractivity contribution in [2.75, 3.05) is 6.61 Å². The van der Waals surface area contributed by atoms with E-state index >= 15 is 0 Å². The van der Waals surface area contributed by atoms with Crippen LogP contribution in [0.1, 0.15) is 18.9 Å². The van der Waals surface area contributed by atoms with Gasteiger partial charge in [-0.25, -0.2) is 4.39 Å². The Bertz CT molecular complexity index is 375. The Kier molecular flexibility index (Phi) is 4.78. The number of halogens is 3. The minimum Gasteiger partial charge on any atom is -0.389 e. The first-order chi connectivity index (χ1) is 7.51. The molecule has 0 saturated carbocycles. The number of hydrogen-bond donors (Lipinski definition) is 1. The zero-order valence-electron chi connectivity index (χ0n) is 8.88. The van der Waals surface area contributed by atoms with E-state index in [1.54, 1.807) is 24.3 Å². The van der Waals surface area contributed by atoms with Gasteiger partial charge in [0, 0.05) is 5.02 Å². The predicted octanol–water partition coefficient (Wildman–Crippen LogP) is 4.03. The standard InChI is InChI=1S/C12H13Cl2FO/c1-2-12(14,7-11(15)8-16)9-3-5-10(13)6-4-9/h3-7,16H,2,8H2,1H3. The molecule has 0 heterocycles. The normalized spacial score (nSPS) is 15.9. The van der Waals surface area contributed by atoms with E-state index in [0.29, 0.717) is 11.4 Å². The monoisotopic (exact) mass is 262 g/mol. The minimum absolute atomic E-state index is 0.517. The van der Waals surface area contributed by atoms with Crippen LogP contribution < -0.4 is 0 Å². The average Bonchev–Trinajstić information content (AvgIpc) is 2.29. The molecule has 1 atom stereocenters. The van der Waals surface area contributed by atoms with Gasteiger partial charge in [-0.05, 0) is 30.2 Å². The van der Waals surface area contributed by atoms with E-state index in [1.807, 2.05) is 6.92 Å². The predicted molar refractivity (Wildman–Crippen MR) is 65.6 cm³/mol. The Hall–Kier alpha value is -0.570. The molecule has 0 aromatic heterocycles. The van der Waals surface area contributed by atoms with Crippen molar-refractivity contribution in [3.8, 4) is 0 Å². The molecule has 0 bridgehead atoms. The number of hydrogen-bond acceptors (Lipinski definition) is 1. The summed E-state index contributed by atoms with van der Waals surface area (Å²) in [6.45, 7) is 1.21. The number of allylic oxidation sites excluding steroid dienone is 1. The molecule has 0 aliphatic rings. The third-order valence-corrected chi connectivity index (χ3v) is 3.22. The third kappa shape index (κ3) is 3.21. The van der Waals surface area contributed by atoms with Crippen molar-refractivity contribution >= 4 is 23.2 Å². The van der Waals surface area contributed by atoms with Gasteiger partial charge >= 0.3 is 0 Å². The van der Waals surface area contributed by atoms with Gasteiger partial charge in [-0.15, -0.1) is 11.6 Å². The maximum Gasteiger partial charge on any atom is 0.123 e. The molecule has 0 saturated heterocycles. The number of aliphatic hydroxyl groups excluding tert-OH is 1. The number of rotatable bonds is 4. The van der Waals surface area contributed by atoms with E-state index in [1.165, 1.54) is 6.08 Å². The highest BCUT2D eigenvalue weighted by molar-refractivity contribution is 6.30. The lowest BCUT2D eigenvalue weighted by atomic mass is 9.95. The summed E-state index contributed by atoms with van der Waals surface area (Å²) in [5, 5.41) is 9.26. The molecule has 0 fully saturated rings. The van der Waals surface area contributed by atoms with Crippen molar-refractivity contribution in [3.63, 3.8) is 0 Å². The highest BCUT2D eigenvalue weighted by atomic mass is 35.5. The zero-order chi connectivity index (χ0) is 12.2. The summed E-state index contributed by atoms with van der Waals surface area (Å²) in [5.41, 5.74) is 0.754. The maximum atomic E-state index is 13.1. The highest BCUT2D eigenvalue weighted by Crippen LogP contribution is 2.35. The van der Waals surface area contributed by atoms with Crippen LogP contribution in [0.5, 0.6) is 0 Å². The zero-order valence-corrected chi connectivity index (χ0v) is 10.4. The number of aliphatic hydroxyl groups is 1. The molecule has 1 aromatic carbocycles. The summed E-state index contributed by atoms with van der Waals surface area (Å²) < 4.78 is 13.1. The van der Waals surface area contributed by atoms with Crippen LogP contribution in [0.4, 0.5) is 4.39 Å². The summed E-state index contributed by atoms with van der Waals surface area (Å²) in [6, 6.07) is 6.91. The van der Waals surface area contributed by atoms with Crippen LogP contribution >= 0.6 is 23.2 Å². The Morgan fingerprint density at radius 2 is 2.00 bits per heavy atom. The van der Waals surface area contributed by atoms with Gasteiger partial charge in [0.2, 0.25) is 0 Å². The van der Waals surface area contributed by atoms with E-state index < -0.39 is 17.3 Å². The molecule has 0 aliphatic heterocycles. The quantitative estimate of drug-likeness (QED) is 0.813. The molecule has 16 heavy (non-hydrogen) atoms. The van der Waals surface area contributed by atoms with E-state index in [0.717, 1.165) is 5.56 Å². The Morgan fingerprint density at radius 1 is 1.44 bits per heavy atom. The summed E-state index contributed by atoms with van der Waals surface area (Å²) in [5.74, 6) is -0.633. The molecule has 0 spiro atoms. The van der Waals surface area contributed by atoms with Crippen LogP contribution in [0.3, 0.4) is 0 Å². The van der Waals surface area contributed by atoms with Crippen molar-refractivity contribution in [3.05, 3.63) is 46.8 Å². The Balaban J connectivity index is 3.09. The molecule has 4 heteroatoms. The molecule has 1 nitrogen and oxygen atoms in total. The van der Waals surface area contributed by atoms with Gasteiger partial charge in [-0.3, -0.25) is 0 Å². The summed E-state index contributed by atoms with van der Waals surface area (Å²) in [6.07, 6.45) is 1.75. The molecule has 0 aliphatic carbocycles. The molecular weight excluding hydrogens is 250 g/mol. The van der Waals surface area contributed by atoms with Gasteiger partial charge in [0.1, 0.15) is 5.83 Å². The Labute approximate surface area is 104 Å². The molecule has 1 N–H and O–H groups in total. The topological polar surface area (TPSA) is 20.2 Å². The summed E-state index contributed by atoms with van der Waals surface area (Å²) in [4.78, 5) is -0.933. The molecule has 0 radical (unpaired) electrons. The van der Waals surface area contributed by atoms with Crippen molar-refractivity contribution in [1.29, 1.82) is 0 Å². The van der Waals surface area contributed by atoms with Crippen LogP contribution in [0.15, 0.2) is 36.2 Å². The van der Waals surface area contributed by atoms with Crippen LogP contribution in [0, 0.1) is 0 Å². The largest absolute Gasteiger partial charge is 0.389 e. The van der Waals surface area contributed by atoms with Crippen molar-refractivity contribution in [1.82, 2.24) is 0 Å². The Morgan fingerprint density at radius 3 is 2.44 bits per heavy atom. The smallest absolute Gasteiger partial charge is 0.123 e. The van der Waals surface area contributed by atoms with Gasteiger partial charge in [-0.2, -0.15) is 0 Å². The molecule has 1 rings (SSSR count). The second kappa shape index (κ2) is 5.67. The third-order valence-electron chi connectivity index (χ3n) is 2.38. The van der Waals surface area contributed by atoms with Crippen LogP contribution in [-0.2, 0) is 4.87 Å².